The predicted molar refractivity (Wildman–Crippen MR) is 54.0 cm³/mol. The smallest absolute Gasteiger partial charge is 0.153 e. The number of rotatable bonds is 1. The van der Waals surface area contributed by atoms with E-state index in [9.17, 15) is 0 Å². The van der Waals surface area contributed by atoms with Gasteiger partial charge in [-0.1, -0.05) is 13.8 Å². The molecule has 0 aliphatic carbocycles. The molecule has 1 rings (SSSR count). The quantitative estimate of drug-likeness (QED) is 0.544. The van der Waals surface area contributed by atoms with Gasteiger partial charge in [0.1, 0.15) is 0 Å². The summed E-state index contributed by atoms with van der Waals surface area (Å²) in [6.07, 6.45) is 5.25. The van der Waals surface area contributed by atoms with Gasteiger partial charge in [-0.05, 0) is 26.8 Å². The van der Waals surface area contributed by atoms with Crippen LogP contribution in [-0.2, 0) is 0 Å². The summed E-state index contributed by atoms with van der Waals surface area (Å²) in [5.41, 5.74) is 0. The van der Waals surface area contributed by atoms with Gasteiger partial charge in [0.2, 0.25) is 0 Å². The van der Waals surface area contributed by atoms with Crippen molar-refractivity contribution in [1.29, 1.82) is 0 Å². The van der Waals surface area contributed by atoms with Crippen molar-refractivity contribution in [3.63, 3.8) is 0 Å². The highest BCUT2D eigenvalue weighted by atomic mass is 15.1. The first-order chi connectivity index (χ1) is 5.61. The van der Waals surface area contributed by atoms with Crippen molar-refractivity contribution in [3.8, 4) is 0 Å². The number of hydrogen-bond acceptors (Lipinski definition) is 1. The molecule has 0 N–H and O–H groups in total. The lowest BCUT2D eigenvalue weighted by Crippen LogP contribution is -2.36. The van der Waals surface area contributed by atoms with E-state index in [-0.39, 0.29) is 0 Å². The minimum absolute atomic E-state index is 0.697. The Bertz CT molecular complexity index is 131. The molecule has 1 heterocycles. The molecule has 1 heteroatoms. The Hall–Kier alpha value is -0.170. The van der Waals surface area contributed by atoms with Crippen molar-refractivity contribution in [2.24, 2.45) is 11.8 Å². The molecule has 1 aliphatic rings. The van der Waals surface area contributed by atoms with Crippen molar-refractivity contribution in [2.75, 3.05) is 13.6 Å². The van der Waals surface area contributed by atoms with E-state index in [4.69, 9.17) is 0 Å². The summed E-state index contributed by atoms with van der Waals surface area (Å²) in [6.45, 7) is 8.24. The highest BCUT2D eigenvalue weighted by Gasteiger charge is 2.31. The van der Waals surface area contributed by atoms with E-state index in [0.29, 0.717) is 6.04 Å². The maximum atomic E-state index is 2.53. The fourth-order valence-electron chi connectivity index (χ4n) is 2.12. The van der Waals surface area contributed by atoms with E-state index in [0.717, 1.165) is 11.8 Å². The van der Waals surface area contributed by atoms with Crippen LogP contribution in [-0.4, -0.2) is 24.5 Å². The van der Waals surface area contributed by atoms with Gasteiger partial charge >= 0.3 is 0 Å². The summed E-state index contributed by atoms with van der Waals surface area (Å²) in [5.74, 6) is 1.57. The molecular formula is C11H22N+. The second-order valence-corrected chi connectivity index (χ2v) is 4.53. The van der Waals surface area contributed by atoms with Crippen LogP contribution in [0.4, 0.5) is 0 Å². The molecule has 1 aliphatic heterocycles. The lowest BCUT2D eigenvalue weighted by Gasteiger charge is -2.22. The van der Waals surface area contributed by atoms with Gasteiger partial charge in [0.15, 0.2) is 6.04 Å². The van der Waals surface area contributed by atoms with E-state index < -0.39 is 0 Å². The molecule has 2 unspecified atom stereocenters. The molecule has 0 spiro atoms. The fourth-order valence-corrected chi connectivity index (χ4v) is 2.12. The topological polar surface area (TPSA) is 3.24 Å². The van der Waals surface area contributed by atoms with Gasteiger partial charge in [-0.2, -0.15) is 0 Å². The standard InChI is InChI=1S/C11H22N/c1-9(2)11-8-10(3)6-5-7-12(11)4/h8-11H,5-7H2,1-4H3/q+1. The van der Waals surface area contributed by atoms with Crippen LogP contribution in [0.2, 0.25) is 0 Å². The monoisotopic (exact) mass is 168 g/mol. The molecule has 0 amide bonds. The average Bonchev–Trinajstić information content (AvgIpc) is 2.13. The molecule has 12 heavy (non-hydrogen) atoms. The molecular weight excluding hydrogens is 146 g/mol. The highest BCUT2D eigenvalue weighted by Crippen LogP contribution is 2.24. The minimum atomic E-state index is 0.697. The van der Waals surface area contributed by atoms with Gasteiger partial charge in [0.25, 0.3) is 0 Å². The van der Waals surface area contributed by atoms with Gasteiger partial charge < -0.3 is 0 Å². The van der Waals surface area contributed by atoms with Crippen molar-refractivity contribution in [2.45, 2.75) is 39.7 Å². The summed E-state index contributed by atoms with van der Waals surface area (Å²) in [5, 5.41) is 0. The fraction of sp³-hybridized carbons (Fsp3) is 0.909. The zero-order chi connectivity index (χ0) is 9.14. The Morgan fingerprint density at radius 2 is 2.08 bits per heavy atom. The first kappa shape index (κ1) is 9.91. The normalized spacial score (nSPS) is 33.1. The third-order valence-electron chi connectivity index (χ3n) is 2.89. The molecule has 70 valence electrons. The SMILES string of the molecule is CC1[CH+]C(C(C)C)N(C)CCC1. The van der Waals surface area contributed by atoms with Crippen LogP contribution < -0.4 is 0 Å². The van der Waals surface area contributed by atoms with Gasteiger partial charge in [-0.15, -0.1) is 0 Å². The second kappa shape index (κ2) is 4.18. The van der Waals surface area contributed by atoms with Crippen LogP contribution in [0.5, 0.6) is 0 Å². The van der Waals surface area contributed by atoms with E-state index >= 15 is 0 Å². The molecule has 0 aromatic rings. The second-order valence-electron chi connectivity index (χ2n) is 4.53. The molecule has 2 atom stereocenters. The van der Waals surface area contributed by atoms with E-state index in [1.807, 2.05) is 0 Å². The molecule has 1 nitrogen and oxygen atoms in total. The van der Waals surface area contributed by atoms with Crippen molar-refractivity contribution >= 4 is 0 Å². The van der Waals surface area contributed by atoms with Crippen molar-refractivity contribution < 1.29 is 0 Å². The van der Waals surface area contributed by atoms with Gasteiger partial charge in [0, 0.05) is 12.5 Å². The predicted octanol–water partition coefficient (Wildman–Crippen LogP) is 2.58. The van der Waals surface area contributed by atoms with Crippen molar-refractivity contribution in [1.82, 2.24) is 4.90 Å². The van der Waals surface area contributed by atoms with E-state index in [2.05, 4.69) is 39.1 Å². The van der Waals surface area contributed by atoms with E-state index in [1.165, 1.54) is 19.4 Å². The maximum Gasteiger partial charge on any atom is 0.153 e. The van der Waals surface area contributed by atoms with Crippen LogP contribution in [0.3, 0.4) is 0 Å². The number of likely N-dealkylation sites (tertiary alicyclic amines) is 1. The Kier molecular flexibility index (Phi) is 3.45. The Morgan fingerprint density at radius 3 is 2.67 bits per heavy atom. The van der Waals surface area contributed by atoms with Crippen molar-refractivity contribution in [3.05, 3.63) is 6.42 Å². The Balaban J connectivity index is 2.54. The number of hydrogen-bond donors (Lipinski definition) is 0. The summed E-state index contributed by atoms with van der Waals surface area (Å²) in [7, 11) is 2.25. The zero-order valence-electron chi connectivity index (χ0n) is 8.88. The Labute approximate surface area is 77.1 Å². The highest BCUT2D eigenvalue weighted by molar-refractivity contribution is 4.92. The van der Waals surface area contributed by atoms with Gasteiger partial charge in [0.05, 0.1) is 12.3 Å². The summed E-state index contributed by atoms with van der Waals surface area (Å²) >= 11 is 0. The lowest BCUT2D eigenvalue weighted by atomic mass is 9.92. The van der Waals surface area contributed by atoms with Crippen LogP contribution in [0.15, 0.2) is 0 Å². The largest absolute Gasteiger partial charge is 0.266 e. The van der Waals surface area contributed by atoms with Crippen LogP contribution in [0.1, 0.15) is 33.6 Å². The van der Waals surface area contributed by atoms with Crippen LogP contribution in [0, 0.1) is 18.3 Å². The lowest BCUT2D eigenvalue weighted by molar-refractivity contribution is 0.224. The maximum absolute atomic E-state index is 2.53. The molecule has 1 saturated heterocycles. The summed E-state index contributed by atoms with van der Waals surface area (Å²) in [6, 6.07) is 0.697. The minimum Gasteiger partial charge on any atom is -0.266 e. The third kappa shape index (κ3) is 2.41. The van der Waals surface area contributed by atoms with Gasteiger partial charge in [-0.25, -0.2) is 0 Å². The summed E-state index contributed by atoms with van der Waals surface area (Å²) in [4.78, 5) is 2.49. The molecule has 0 saturated carbocycles. The van der Waals surface area contributed by atoms with Crippen LogP contribution in [0.25, 0.3) is 0 Å². The van der Waals surface area contributed by atoms with Crippen LogP contribution >= 0.6 is 0 Å². The number of nitrogens with zero attached hydrogens (tertiary/aromatic N) is 1. The Morgan fingerprint density at radius 1 is 1.42 bits per heavy atom. The molecule has 1 fully saturated rings. The first-order valence-corrected chi connectivity index (χ1v) is 5.16. The third-order valence-corrected chi connectivity index (χ3v) is 2.89. The molecule has 0 bridgehead atoms. The van der Waals surface area contributed by atoms with Gasteiger partial charge in [-0.3, -0.25) is 4.90 Å². The first-order valence-electron chi connectivity index (χ1n) is 5.16. The summed E-state index contributed by atoms with van der Waals surface area (Å²) < 4.78 is 0. The zero-order valence-corrected chi connectivity index (χ0v) is 8.88. The molecule has 0 aromatic carbocycles. The average molecular weight is 168 g/mol. The molecule has 0 radical (unpaired) electrons. The van der Waals surface area contributed by atoms with E-state index in [1.54, 1.807) is 0 Å². The molecule has 0 aromatic heterocycles.